The molecule has 0 bridgehead atoms. The van der Waals surface area contributed by atoms with Gasteiger partial charge in [0.15, 0.2) is 0 Å². The van der Waals surface area contributed by atoms with E-state index in [1.165, 1.54) is 0 Å². The van der Waals surface area contributed by atoms with Crippen LogP contribution in [0.4, 0.5) is 0 Å². The monoisotopic (exact) mass is 313 g/mol. The number of carbonyl (C=O) groups is 1. The average molecular weight is 314 g/mol. The third kappa shape index (κ3) is 4.02. The standard InChI is InChI=1S/C14H20BrNO2/c1-5-16(13(17)14(2,3)15)10-11-6-8-12(18-4)9-7-11/h6-9H,5,10H2,1-4H3. The first kappa shape index (κ1) is 15.0. The molecule has 0 saturated heterocycles. The Morgan fingerprint density at radius 1 is 1.33 bits per heavy atom. The van der Waals surface area contributed by atoms with Gasteiger partial charge in [0.2, 0.25) is 5.91 Å². The average Bonchev–Trinajstić information content (AvgIpc) is 2.34. The van der Waals surface area contributed by atoms with Crippen LogP contribution in [-0.2, 0) is 11.3 Å². The number of nitrogens with zero attached hydrogens (tertiary/aromatic N) is 1. The molecule has 4 heteroatoms. The Balaban J connectivity index is 2.76. The molecule has 3 nitrogen and oxygen atoms in total. The summed E-state index contributed by atoms with van der Waals surface area (Å²) in [6, 6.07) is 7.78. The SMILES string of the molecule is CCN(Cc1ccc(OC)cc1)C(=O)C(C)(C)Br. The second-order valence-electron chi connectivity index (χ2n) is 4.64. The highest BCUT2D eigenvalue weighted by atomic mass is 79.9. The first-order valence-electron chi connectivity index (χ1n) is 5.99. The van der Waals surface area contributed by atoms with Crippen molar-refractivity contribution >= 4 is 21.8 Å². The lowest BCUT2D eigenvalue weighted by molar-refractivity contribution is -0.133. The van der Waals surface area contributed by atoms with E-state index in [0.717, 1.165) is 11.3 Å². The molecule has 0 aliphatic carbocycles. The minimum absolute atomic E-state index is 0.0980. The molecule has 100 valence electrons. The summed E-state index contributed by atoms with van der Waals surface area (Å²) in [6.45, 7) is 7.03. The molecule has 0 radical (unpaired) electrons. The number of benzene rings is 1. The van der Waals surface area contributed by atoms with Gasteiger partial charge in [0.05, 0.1) is 11.4 Å². The minimum Gasteiger partial charge on any atom is -0.497 e. The first-order valence-corrected chi connectivity index (χ1v) is 6.79. The Kier molecular flexibility index (Phi) is 5.20. The van der Waals surface area contributed by atoms with Gasteiger partial charge in [-0.2, -0.15) is 0 Å². The van der Waals surface area contributed by atoms with E-state index in [4.69, 9.17) is 4.74 Å². The Hall–Kier alpha value is -1.03. The number of carbonyl (C=O) groups excluding carboxylic acids is 1. The van der Waals surface area contributed by atoms with Crippen molar-refractivity contribution in [2.45, 2.75) is 31.6 Å². The Morgan fingerprint density at radius 2 is 1.89 bits per heavy atom. The van der Waals surface area contributed by atoms with E-state index in [-0.39, 0.29) is 5.91 Å². The maximum Gasteiger partial charge on any atom is 0.239 e. The summed E-state index contributed by atoms with van der Waals surface area (Å²) in [5.41, 5.74) is 1.10. The van der Waals surface area contributed by atoms with Gasteiger partial charge in [0.1, 0.15) is 5.75 Å². The van der Waals surface area contributed by atoms with Crippen LogP contribution in [0.25, 0.3) is 0 Å². The molecule has 1 aromatic rings. The largest absolute Gasteiger partial charge is 0.497 e. The molecule has 0 fully saturated rings. The molecule has 0 saturated carbocycles. The van der Waals surface area contributed by atoms with Crippen molar-refractivity contribution in [2.24, 2.45) is 0 Å². The fourth-order valence-corrected chi connectivity index (χ4v) is 1.91. The summed E-state index contributed by atoms with van der Waals surface area (Å²) in [7, 11) is 1.64. The van der Waals surface area contributed by atoms with Crippen molar-refractivity contribution in [3.05, 3.63) is 29.8 Å². The van der Waals surface area contributed by atoms with Gasteiger partial charge in [-0.1, -0.05) is 28.1 Å². The van der Waals surface area contributed by atoms with E-state index >= 15 is 0 Å². The number of amides is 1. The van der Waals surface area contributed by atoms with E-state index in [1.54, 1.807) is 7.11 Å². The molecule has 1 rings (SSSR count). The second-order valence-corrected chi connectivity index (χ2v) is 6.62. The van der Waals surface area contributed by atoms with Crippen LogP contribution in [0.2, 0.25) is 0 Å². The lowest BCUT2D eigenvalue weighted by Crippen LogP contribution is -2.41. The molecule has 0 aliphatic rings. The lowest BCUT2D eigenvalue weighted by atomic mass is 10.1. The molecule has 0 heterocycles. The molecule has 0 aliphatic heterocycles. The van der Waals surface area contributed by atoms with E-state index in [0.29, 0.717) is 13.1 Å². The highest BCUT2D eigenvalue weighted by molar-refractivity contribution is 9.10. The van der Waals surface area contributed by atoms with Gasteiger partial charge in [0.25, 0.3) is 0 Å². The first-order chi connectivity index (χ1) is 8.38. The van der Waals surface area contributed by atoms with Gasteiger partial charge in [-0.15, -0.1) is 0 Å². The van der Waals surface area contributed by atoms with Crippen molar-refractivity contribution in [3.63, 3.8) is 0 Å². The summed E-state index contributed by atoms with van der Waals surface area (Å²) in [6.07, 6.45) is 0. The fourth-order valence-electron chi connectivity index (χ4n) is 1.65. The molecular weight excluding hydrogens is 294 g/mol. The van der Waals surface area contributed by atoms with Crippen LogP contribution in [0.1, 0.15) is 26.3 Å². The van der Waals surface area contributed by atoms with E-state index in [2.05, 4.69) is 15.9 Å². The van der Waals surface area contributed by atoms with Crippen molar-refractivity contribution in [3.8, 4) is 5.75 Å². The molecule has 18 heavy (non-hydrogen) atoms. The zero-order valence-corrected chi connectivity index (χ0v) is 13.0. The zero-order chi connectivity index (χ0) is 13.8. The number of halogens is 1. The Morgan fingerprint density at radius 3 is 2.28 bits per heavy atom. The van der Waals surface area contributed by atoms with Crippen LogP contribution in [0.5, 0.6) is 5.75 Å². The number of alkyl halides is 1. The topological polar surface area (TPSA) is 29.5 Å². The van der Waals surface area contributed by atoms with E-state index < -0.39 is 4.32 Å². The maximum absolute atomic E-state index is 12.2. The predicted molar refractivity (Wildman–Crippen MR) is 77.1 cm³/mol. The van der Waals surface area contributed by atoms with Crippen LogP contribution in [0, 0.1) is 0 Å². The van der Waals surface area contributed by atoms with Crippen LogP contribution in [0.3, 0.4) is 0 Å². The van der Waals surface area contributed by atoms with Gasteiger partial charge >= 0.3 is 0 Å². The van der Waals surface area contributed by atoms with Gasteiger partial charge in [-0.25, -0.2) is 0 Å². The molecule has 0 atom stereocenters. The van der Waals surface area contributed by atoms with Crippen LogP contribution in [0.15, 0.2) is 24.3 Å². The normalized spacial score (nSPS) is 11.2. The van der Waals surface area contributed by atoms with Gasteiger partial charge in [-0.3, -0.25) is 4.79 Å². The summed E-state index contributed by atoms with van der Waals surface area (Å²) in [5, 5.41) is 0. The molecule has 0 spiro atoms. The highest BCUT2D eigenvalue weighted by Gasteiger charge is 2.28. The number of hydrogen-bond donors (Lipinski definition) is 0. The molecule has 0 unspecified atom stereocenters. The van der Waals surface area contributed by atoms with Crippen LogP contribution >= 0.6 is 15.9 Å². The van der Waals surface area contributed by atoms with Crippen molar-refractivity contribution < 1.29 is 9.53 Å². The predicted octanol–water partition coefficient (Wildman–Crippen LogP) is 3.22. The number of hydrogen-bond acceptors (Lipinski definition) is 2. The van der Waals surface area contributed by atoms with Crippen molar-refractivity contribution in [2.75, 3.05) is 13.7 Å². The maximum atomic E-state index is 12.2. The van der Waals surface area contributed by atoms with Crippen LogP contribution < -0.4 is 4.74 Å². The quantitative estimate of drug-likeness (QED) is 0.781. The van der Waals surface area contributed by atoms with Crippen molar-refractivity contribution in [1.82, 2.24) is 4.90 Å². The zero-order valence-electron chi connectivity index (χ0n) is 11.4. The lowest BCUT2D eigenvalue weighted by Gasteiger charge is -2.27. The third-order valence-electron chi connectivity index (χ3n) is 2.71. The number of ether oxygens (including phenoxy) is 1. The highest BCUT2D eigenvalue weighted by Crippen LogP contribution is 2.21. The van der Waals surface area contributed by atoms with E-state index in [9.17, 15) is 4.79 Å². The van der Waals surface area contributed by atoms with Crippen molar-refractivity contribution in [1.29, 1.82) is 0 Å². The molecular formula is C14H20BrNO2. The second kappa shape index (κ2) is 6.23. The van der Waals surface area contributed by atoms with E-state index in [1.807, 2.05) is 49.9 Å². The van der Waals surface area contributed by atoms with Gasteiger partial charge in [-0.05, 0) is 38.5 Å². The van der Waals surface area contributed by atoms with Gasteiger partial charge < -0.3 is 9.64 Å². The summed E-state index contributed by atoms with van der Waals surface area (Å²) < 4.78 is 4.60. The smallest absolute Gasteiger partial charge is 0.239 e. The third-order valence-corrected chi connectivity index (χ3v) is 3.05. The number of methoxy groups -OCH3 is 1. The minimum atomic E-state index is -0.518. The van der Waals surface area contributed by atoms with Crippen LogP contribution in [-0.4, -0.2) is 28.8 Å². The Bertz CT molecular complexity index is 395. The molecule has 1 amide bonds. The molecule has 0 aromatic heterocycles. The summed E-state index contributed by atoms with van der Waals surface area (Å²) in [5.74, 6) is 0.926. The fraction of sp³-hybridized carbons (Fsp3) is 0.500. The van der Waals surface area contributed by atoms with Gasteiger partial charge in [0, 0.05) is 13.1 Å². The summed E-state index contributed by atoms with van der Waals surface area (Å²) >= 11 is 3.41. The molecule has 1 aromatic carbocycles. The summed E-state index contributed by atoms with van der Waals surface area (Å²) in [4.78, 5) is 14.0. The Labute approximate surface area is 117 Å². The molecule has 0 N–H and O–H groups in total. The number of rotatable bonds is 5.